The summed E-state index contributed by atoms with van der Waals surface area (Å²) in [5, 5.41) is 0. The second kappa shape index (κ2) is 6.62. The molecular formula is C16H24IN3. The molecule has 2 heterocycles. The van der Waals surface area contributed by atoms with Crippen LogP contribution in [0.1, 0.15) is 12.0 Å². The largest absolute Gasteiger partial charge is 0.371 e. The van der Waals surface area contributed by atoms with Crippen LogP contribution in [0.2, 0.25) is 0 Å². The Bertz CT molecular complexity index is 443. The maximum Gasteiger partial charge on any atom is 0.0368 e. The number of anilines is 1. The third-order valence-electron chi connectivity index (χ3n) is 4.49. The highest BCUT2D eigenvalue weighted by Gasteiger charge is 2.26. The minimum atomic E-state index is 0.844. The molecule has 2 aliphatic rings. The van der Waals surface area contributed by atoms with Gasteiger partial charge >= 0.3 is 0 Å². The lowest BCUT2D eigenvalue weighted by molar-refractivity contribution is 0.183. The van der Waals surface area contributed by atoms with Gasteiger partial charge in [0.2, 0.25) is 0 Å². The molecule has 1 atom stereocenters. The fourth-order valence-electron chi connectivity index (χ4n) is 3.31. The number of halogens is 1. The topological polar surface area (TPSA) is 9.72 Å². The van der Waals surface area contributed by atoms with Crippen LogP contribution < -0.4 is 4.90 Å². The number of hydrogen-bond donors (Lipinski definition) is 0. The second-order valence-corrected chi connectivity index (χ2v) is 7.51. The number of piperazine rings is 1. The van der Waals surface area contributed by atoms with Crippen molar-refractivity contribution in [3.8, 4) is 0 Å². The average Bonchev–Trinajstić information content (AvgIpc) is 2.90. The predicted molar refractivity (Wildman–Crippen MR) is 93.5 cm³/mol. The van der Waals surface area contributed by atoms with Crippen LogP contribution in [-0.4, -0.2) is 53.8 Å². The Kier molecular flexibility index (Phi) is 4.83. The Labute approximate surface area is 136 Å². The summed E-state index contributed by atoms with van der Waals surface area (Å²) >= 11 is 2.44. The van der Waals surface area contributed by atoms with E-state index in [4.69, 9.17) is 0 Å². The summed E-state index contributed by atoms with van der Waals surface area (Å²) in [5.41, 5.74) is 2.77. The molecule has 0 saturated carbocycles. The van der Waals surface area contributed by atoms with E-state index in [9.17, 15) is 0 Å². The molecule has 0 radical (unpaired) electrons. The van der Waals surface area contributed by atoms with Gasteiger partial charge in [0.1, 0.15) is 0 Å². The first-order valence-corrected chi connectivity index (χ1v) is 8.62. The normalized spacial score (nSPS) is 25.3. The van der Waals surface area contributed by atoms with Gasteiger partial charge in [-0.25, -0.2) is 3.11 Å². The van der Waals surface area contributed by atoms with Crippen LogP contribution in [0.4, 0.5) is 5.69 Å². The Morgan fingerprint density at radius 1 is 1.15 bits per heavy atom. The minimum Gasteiger partial charge on any atom is -0.371 e. The zero-order chi connectivity index (χ0) is 13.9. The lowest BCUT2D eigenvalue weighted by Crippen LogP contribution is -2.44. The van der Waals surface area contributed by atoms with Crippen LogP contribution in [0.3, 0.4) is 0 Å². The van der Waals surface area contributed by atoms with E-state index in [1.54, 1.807) is 0 Å². The van der Waals surface area contributed by atoms with Gasteiger partial charge in [0, 0.05) is 74.4 Å². The van der Waals surface area contributed by atoms with Gasteiger partial charge in [-0.3, -0.25) is 0 Å². The van der Waals surface area contributed by atoms with Crippen molar-refractivity contribution in [2.24, 2.45) is 5.92 Å². The summed E-state index contributed by atoms with van der Waals surface area (Å²) < 4.78 is 2.40. The molecule has 1 aromatic carbocycles. The molecular weight excluding hydrogens is 361 g/mol. The molecule has 0 amide bonds. The summed E-state index contributed by atoms with van der Waals surface area (Å²) in [6.45, 7) is 10.8. The summed E-state index contributed by atoms with van der Waals surface area (Å²) in [5.74, 6) is 0.844. The molecule has 110 valence electrons. The molecule has 2 fully saturated rings. The molecule has 0 N–H and O–H groups in total. The van der Waals surface area contributed by atoms with E-state index in [-0.39, 0.29) is 0 Å². The smallest absolute Gasteiger partial charge is 0.0368 e. The van der Waals surface area contributed by atoms with Crippen LogP contribution in [0.25, 0.3) is 0 Å². The highest BCUT2D eigenvalue weighted by Crippen LogP contribution is 2.25. The van der Waals surface area contributed by atoms with Gasteiger partial charge in [-0.05, 0) is 37.0 Å². The Hall–Kier alpha value is -0.330. The van der Waals surface area contributed by atoms with E-state index in [0.717, 1.165) is 5.92 Å². The molecule has 1 aromatic rings. The van der Waals surface area contributed by atoms with Gasteiger partial charge < -0.3 is 9.80 Å². The fourth-order valence-corrected chi connectivity index (χ4v) is 3.74. The van der Waals surface area contributed by atoms with Crippen molar-refractivity contribution < 1.29 is 0 Å². The van der Waals surface area contributed by atoms with E-state index in [0.29, 0.717) is 0 Å². The van der Waals surface area contributed by atoms with E-state index >= 15 is 0 Å². The predicted octanol–water partition coefficient (Wildman–Crippen LogP) is 2.79. The van der Waals surface area contributed by atoms with E-state index in [1.807, 2.05) is 0 Å². The first-order chi connectivity index (χ1) is 9.70. The third kappa shape index (κ3) is 3.65. The molecule has 0 aliphatic carbocycles. The number of aryl methyl sites for hydroxylation is 1. The fraction of sp³-hybridized carbons (Fsp3) is 0.625. The number of nitrogens with zero attached hydrogens (tertiary/aromatic N) is 3. The first kappa shape index (κ1) is 14.6. The van der Waals surface area contributed by atoms with Gasteiger partial charge in [0.25, 0.3) is 0 Å². The molecule has 0 spiro atoms. The Morgan fingerprint density at radius 2 is 1.95 bits per heavy atom. The molecule has 2 saturated heterocycles. The van der Waals surface area contributed by atoms with Gasteiger partial charge in [-0.1, -0.05) is 12.1 Å². The Morgan fingerprint density at radius 3 is 2.70 bits per heavy atom. The van der Waals surface area contributed by atoms with Crippen molar-refractivity contribution in [2.45, 2.75) is 13.3 Å². The summed E-state index contributed by atoms with van der Waals surface area (Å²) in [7, 11) is 0. The quantitative estimate of drug-likeness (QED) is 0.585. The molecule has 20 heavy (non-hydrogen) atoms. The van der Waals surface area contributed by atoms with Gasteiger partial charge in [0.05, 0.1) is 0 Å². The standard InChI is InChI=1S/C16H24IN3/c1-14-3-2-4-16(11-14)19-6-5-15(13-19)12-18-7-9-20(17)10-8-18/h2-4,11,15H,5-10,12-13H2,1H3. The monoisotopic (exact) mass is 385 g/mol. The lowest BCUT2D eigenvalue weighted by atomic mass is 10.1. The SMILES string of the molecule is Cc1cccc(N2CCC(CN3CCN(I)CC3)C2)c1. The maximum atomic E-state index is 2.65. The van der Waals surface area contributed by atoms with Crippen molar-refractivity contribution in [3.63, 3.8) is 0 Å². The molecule has 3 rings (SSSR count). The molecule has 4 heteroatoms. The van der Waals surface area contributed by atoms with Crippen molar-refractivity contribution >= 4 is 28.6 Å². The van der Waals surface area contributed by atoms with Gasteiger partial charge in [-0.15, -0.1) is 0 Å². The zero-order valence-electron chi connectivity index (χ0n) is 12.3. The van der Waals surface area contributed by atoms with Crippen LogP contribution in [0, 0.1) is 12.8 Å². The van der Waals surface area contributed by atoms with Crippen LogP contribution in [0.15, 0.2) is 24.3 Å². The first-order valence-electron chi connectivity index (χ1n) is 7.65. The number of benzene rings is 1. The highest BCUT2D eigenvalue weighted by atomic mass is 127. The van der Waals surface area contributed by atoms with E-state index in [2.05, 4.69) is 67.0 Å². The lowest BCUT2D eigenvalue weighted by Gasteiger charge is -2.32. The molecule has 0 aromatic heterocycles. The van der Waals surface area contributed by atoms with Crippen LogP contribution in [0.5, 0.6) is 0 Å². The van der Waals surface area contributed by atoms with Crippen LogP contribution >= 0.6 is 22.9 Å². The van der Waals surface area contributed by atoms with Gasteiger partial charge in [-0.2, -0.15) is 0 Å². The number of hydrogen-bond acceptors (Lipinski definition) is 3. The molecule has 2 aliphatic heterocycles. The third-order valence-corrected chi connectivity index (χ3v) is 5.45. The van der Waals surface area contributed by atoms with Crippen molar-refractivity contribution in [2.75, 3.05) is 50.7 Å². The maximum absolute atomic E-state index is 2.65. The number of rotatable bonds is 3. The van der Waals surface area contributed by atoms with E-state index in [1.165, 1.54) is 63.5 Å². The summed E-state index contributed by atoms with van der Waals surface area (Å²) in [6.07, 6.45) is 1.35. The zero-order valence-corrected chi connectivity index (χ0v) is 14.4. The summed E-state index contributed by atoms with van der Waals surface area (Å²) in [6, 6.07) is 8.93. The Balaban J connectivity index is 1.52. The van der Waals surface area contributed by atoms with Gasteiger partial charge in [0.15, 0.2) is 0 Å². The summed E-state index contributed by atoms with van der Waals surface area (Å²) in [4.78, 5) is 5.21. The molecule has 3 nitrogen and oxygen atoms in total. The second-order valence-electron chi connectivity index (χ2n) is 6.15. The highest BCUT2D eigenvalue weighted by molar-refractivity contribution is 14.1. The average molecular weight is 385 g/mol. The van der Waals surface area contributed by atoms with Crippen molar-refractivity contribution in [3.05, 3.63) is 29.8 Å². The van der Waals surface area contributed by atoms with Crippen molar-refractivity contribution in [1.82, 2.24) is 8.01 Å². The minimum absolute atomic E-state index is 0.844. The van der Waals surface area contributed by atoms with E-state index < -0.39 is 0 Å². The van der Waals surface area contributed by atoms with Crippen LogP contribution in [-0.2, 0) is 0 Å². The van der Waals surface area contributed by atoms with Crippen molar-refractivity contribution in [1.29, 1.82) is 0 Å². The molecule has 0 bridgehead atoms. The molecule has 1 unspecified atom stereocenters.